The summed E-state index contributed by atoms with van der Waals surface area (Å²) >= 11 is 0. The zero-order chi connectivity index (χ0) is 20.7. The zero-order valence-corrected chi connectivity index (χ0v) is 16.9. The molecule has 0 radical (unpaired) electrons. The van der Waals surface area contributed by atoms with E-state index in [1.807, 2.05) is 13.0 Å². The number of aliphatic carboxylic acids is 1. The van der Waals surface area contributed by atoms with E-state index in [2.05, 4.69) is 13.0 Å². The van der Waals surface area contributed by atoms with Gasteiger partial charge in [-0.2, -0.15) is 5.26 Å². The highest BCUT2D eigenvalue weighted by molar-refractivity contribution is 5.66. The van der Waals surface area contributed by atoms with E-state index in [-0.39, 0.29) is 30.3 Å². The maximum Gasteiger partial charge on any atom is 0.303 e. The van der Waals surface area contributed by atoms with Gasteiger partial charge < -0.3 is 20.1 Å². The molecule has 0 aromatic rings. The summed E-state index contributed by atoms with van der Waals surface area (Å²) in [5, 5.41) is 38.9. The van der Waals surface area contributed by atoms with Crippen LogP contribution in [0.4, 0.5) is 0 Å². The first kappa shape index (κ1) is 22.4. The Labute approximate surface area is 167 Å². The molecule has 3 N–H and O–H groups in total. The average molecular weight is 392 g/mol. The number of aliphatic hydroxyl groups excluding tert-OH is 2. The lowest BCUT2D eigenvalue weighted by molar-refractivity contribution is -0.137. The van der Waals surface area contributed by atoms with Crippen molar-refractivity contribution < 1.29 is 24.9 Å². The van der Waals surface area contributed by atoms with Gasteiger partial charge in [0.05, 0.1) is 23.9 Å². The Morgan fingerprint density at radius 3 is 2.79 bits per heavy atom. The number of nitriles is 1. The molecule has 1 heterocycles. The van der Waals surface area contributed by atoms with Crippen LogP contribution in [0.1, 0.15) is 65.2 Å². The standard InChI is InChI=1S/C22H33NO5/c1-3-4-6-14(2)18(24)10-9-16-17-11-20(28-21(17)12-19(16)25)15(13-23)7-5-8-22(26)27/h9-10,14,16-19,21,24-25H,3-8,11-12H2,1-2H3,(H,26,27)/b10-9+,20-15-. The molecule has 0 spiro atoms. The number of hydrogen-bond donors (Lipinski definition) is 3. The number of carbonyl (C=O) groups is 1. The highest BCUT2D eigenvalue weighted by Gasteiger charge is 2.47. The summed E-state index contributed by atoms with van der Waals surface area (Å²) in [7, 11) is 0. The number of carboxylic acids is 1. The van der Waals surface area contributed by atoms with Crippen LogP contribution in [-0.2, 0) is 9.53 Å². The summed E-state index contributed by atoms with van der Waals surface area (Å²) in [6.45, 7) is 4.17. The van der Waals surface area contributed by atoms with E-state index in [4.69, 9.17) is 9.84 Å². The fraction of sp³-hybridized carbons (Fsp3) is 0.727. The average Bonchev–Trinajstić information content (AvgIpc) is 3.18. The summed E-state index contributed by atoms with van der Waals surface area (Å²) in [6, 6.07) is 2.16. The minimum atomic E-state index is -0.869. The number of ether oxygens (including phenoxy) is 1. The van der Waals surface area contributed by atoms with E-state index in [1.54, 1.807) is 6.08 Å². The second-order valence-corrected chi connectivity index (χ2v) is 8.16. The molecule has 28 heavy (non-hydrogen) atoms. The van der Waals surface area contributed by atoms with E-state index in [9.17, 15) is 20.3 Å². The molecule has 2 fully saturated rings. The first-order valence-electron chi connectivity index (χ1n) is 10.4. The third kappa shape index (κ3) is 5.83. The molecule has 0 aromatic heterocycles. The van der Waals surface area contributed by atoms with Crippen LogP contribution >= 0.6 is 0 Å². The third-order valence-corrected chi connectivity index (χ3v) is 6.02. The lowest BCUT2D eigenvalue weighted by Gasteiger charge is -2.18. The Hall–Kier alpha value is -1.84. The van der Waals surface area contributed by atoms with E-state index in [0.29, 0.717) is 37.0 Å². The van der Waals surface area contributed by atoms with Crippen molar-refractivity contribution in [1.82, 2.24) is 0 Å². The zero-order valence-electron chi connectivity index (χ0n) is 16.9. The summed E-state index contributed by atoms with van der Waals surface area (Å²) < 4.78 is 5.96. The predicted molar refractivity (Wildman–Crippen MR) is 105 cm³/mol. The Balaban J connectivity index is 2.00. The molecular weight excluding hydrogens is 358 g/mol. The van der Waals surface area contributed by atoms with E-state index >= 15 is 0 Å². The number of nitrogens with zero attached hydrogens (tertiary/aromatic N) is 1. The summed E-state index contributed by atoms with van der Waals surface area (Å²) in [4.78, 5) is 10.7. The lowest BCUT2D eigenvalue weighted by Crippen LogP contribution is -2.20. The van der Waals surface area contributed by atoms with Gasteiger partial charge in [-0.15, -0.1) is 0 Å². The molecule has 0 amide bonds. The maximum atomic E-state index is 10.7. The summed E-state index contributed by atoms with van der Waals surface area (Å²) in [5.41, 5.74) is 0.515. The molecule has 1 saturated carbocycles. The van der Waals surface area contributed by atoms with Crippen molar-refractivity contribution in [2.75, 3.05) is 0 Å². The minimum Gasteiger partial charge on any atom is -0.493 e. The second-order valence-electron chi connectivity index (χ2n) is 8.16. The minimum absolute atomic E-state index is 0.0312. The predicted octanol–water partition coefficient (Wildman–Crippen LogP) is 3.55. The molecule has 2 rings (SSSR count). The fourth-order valence-electron chi connectivity index (χ4n) is 4.22. The highest BCUT2D eigenvalue weighted by Crippen LogP contribution is 2.46. The molecule has 2 aliphatic rings. The van der Waals surface area contributed by atoms with Gasteiger partial charge in [0.2, 0.25) is 0 Å². The molecule has 6 unspecified atom stereocenters. The largest absolute Gasteiger partial charge is 0.493 e. The normalized spacial score (nSPS) is 30.5. The van der Waals surface area contributed by atoms with Gasteiger partial charge in [0, 0.05) is 31.1 Å². The third-order valence-electron chi connectivity index (χ3n) is 6.02. The molecule has 156 valence electrons. The first-order chi connectivity index (χ1) is 13.4. The molecule has 1 aliphatic heterocycles. The number of carboxylic acid groups (broad SMARTS) is 1. The van der Waals surface area contributed by atoms with Gasteiger partial charge in [-0.05, 0) is 25.2 Å². The topological polar surface area (TPSA) is 111 Å². The first-order valence-corrected chi connectivity index (χ1v) is 10.4. The van der Waals surface area contributed by atoms with Crippen molar-refractivity contribution >= 4 is 5.97 Å². The van der Waals surface area contributed by atoms with Crippen LogP contribution in [-0.4, -0.2) is 39.6 Å². The highest BCUT2D eigenvalue weighted by atomic mass is 16.5. The van der Waals surface area contributed by atoms with E-state index in [1.165, 1.54) is 0 Å². The quantitative estimate of drug-likeness (QED) is 0.388. The van der Waals surface area contributed by atoms with E-state index in [0.717, 1.165) is 19.3 Å². The Kier molecular flexibility index (Phi) is 8.53. The van der Waals surface area contributed by atoms with Crippen molar-refractivity contribution in [2.24, 2.45) is 17.8 Å². The van der Waals surface area contributed by atoms with Crippen molar-refractivity contribution in [1.29, 1.82) is 5.26 Å². The molecule has 6 atom stereocenters. The van der Waals surface area contributed by atoms with Gasteiger partial charge in [-0.1, -0.05) is 38.8 Å². The lowest BCUT2D eigenvalue weighted by atomic mass is 9.89. The number of aliphatic hydroxyl groups is 2. The Morgan fingerprint density at radius 1 is 1.39 bits per heavy atom. The number of unbranched alkanes of at least 4 members (excludes halogenated alkanes) is 1. The number of fused-ring (bicyclic) bond motifs is 1. The molecule has 0 aromatic carbocycles. The van der Waals surface area contributed by atoms with Crippen molar-refractivity contribution in [3.8, 4) is 6.07 Å². The SMILES string of the molecule is CCCCC(C)C(O)/C=C/C1C(O)CC2O/C(=C(\C#N)CCCC(=O)O)CC21. The molecule has 1 saturated heterocycles. The van der Waals surface area contributed by atoms with Gasteiger partial charge in [-0.25, -0.2) is 0 Å². The monoisotopic (exact) mass is 391 g/mol. The maximum absolute atomic E-state index is 10.7. The molecule has 6 nitrogen and oxygen atoms in total. The number of hydrogen-bond acceptors (Lipinski definition) is 5. The number of rotatable bonds is 10. The molecule has 0 bridgehead atoms. The smallest absolute Gasteiger partial charge is 0.303 e. The van der Waals surface area contributed by atoms with Crippen LogP contribution in [0.5, 0.6) is 0 Å². The van der Waals surface area contributed by atoms with Crippen LogP contribution in [0.2, 0.25) is 0 Å². The van der Waals surface area contributed by atoms with Crippen molar-refractivity contribution in [2.45, 2.75) is 83.5 Å². The van der Waals surface area contributed by atoms with Crippen LogP contribution in [0, 0.1) is 29.1 Å². The van der Waals surface area contributed by atoms with E-state index < -0.39 is 18.2 Å². The van der Waals surface area contributed by atoms with Gasteiger partial charge >= 0.3 is 5.97 Å². The van der Waals surface area contributed by atoms with Crippen LogP contribution in [0.15, 0.2) is 23.5 Å². The van der Waals surface area contributed by atoms with Crippen LogP contribution in [0.3, 0.4) is 0 Å². The molecule has 6 heteroatoms. The van der Waals surface area contributed by atoms with Crippen LogP contribution < -0.4 is 0 Å². The van der Waals surface area contributed by atoms with Gasteiger partial charge in [-0.3, -0.25) is 4.79 Å². The second kappa shape index (κ2) is 10.6. The van der Waals surface area contributed by atoms with Crippen LogP contribution in [0.25, 0.3) is 0 Å². The number of allylic oxidation sites excluding steroid dienone is 2. The van der Waals surface area contributed by atoms with Gasteiger partial charge in [0.25, 0.3) is 0 Å². The van der Waals surface area contributed by atoms with Crippen molar-refractivity contribution in [3.05, 3.63) is 23.5 Å². The van der Waals surface area contributed by atoms with Gasteiger partial charge in [0.15, 0.2) is 0 Å². The Morgan fingerprint density at radius 2 is 2.14 bits per heavy atom. The summed E-state index contributed by atoms with van der Waals surface area (Å²) in [6.07, 6.45) is 7.65. The molecule has 1 aliphatic carbocycles. The fourth-order valence-corrected chi connectivity index (χ4v) is 4.22. The van der Waals surface area contributed by atoms with Gasteiger partial charge in [0.1, 0.15) is 11.9 Å². The van der Waals surface area contributed by atoms with Crippen molar-refractivity contribution in [3.63, 3.8) is 0 Å². The molecular formula is C22H33NO5. The Bertz CT molecular complexity index is 635. The summed E-state index contributed by atoms with van der Waals surface area (Å²) in [5.74, 6) is -0.0615.